The molecule has 5 N–H and O–H groups in total. The molecule has 0 atom stereocenters. The van der Waals surface area contributed by atoms with Gasteiger partial charge in [0.1, 0.15) is 0 Å². The minimum Gasteiger partial charge on any atom is -0.512 e. The summed E-state index contributed by atoms with van der Waals surface area (Å²) in [5.74, 6) is 0.196. The van der Waals surface area contributed by atoms with Gasteiger partial charge in [-0.1, -0.05) is 31.2 Å². The quantitative estimate of drug-likeness (QED) is 0.230. The second kappa shape index (κ2) is 9.18. The van der Waals surface area contributed by atoms with Crippen LogP contribution in [0.5, 0.6) is 0 Å². The molecule has 3 aromatic rings. The zero-order valence-electron chi connectivity index (χ0n) is 19.9. The Morgan fingerprint density at radius 1 is 1.18 bits per heavy atom. The molecule has 1 fully saturated rings. The lowest BCUT2D eigenvalue weighted by atomic mass is 9.92. The maximum absolute atomic E-state index is 12.1. The van der Waals surface area contributed by atoms with Crippen LogP contribution in [0.25, 0.3) is 27.7 Å². The van der Waals surface area contributed by atoms with E-state index >= 15 is 0 Å². The number of hydrogen-bond donors (Lipinski definition) is 4. The summed E-state index contributed by atoms with van der Waals surface area (Å²) in [7, 11) is -3.36. The second-order valence-corrected chi connectivity index (χ2v) is 10.9. The van der Waals surface area contributed by atoms with Crippen molar-refractivity contribution in [2.75, 3.05) is 16.2 Å². The largest absolute Gasteiger partial charge is 0.512 e. The number of benzene rings is 2. The number of nitrogens with two attached hydrogens (primary N) is 1. The Kier molecular flexibility index (Phi) is 6.45. The van der Waals surface area contributed by atoms with Crippen LogP contribution in [-0.2, 0) is 10.0 Å². The fourth-order valence-corrected chi connectivity index (χ4v) is 5.84. The van der Waals surface area contributed by atoms with Crippen LogP contribution in [0.15, 0.2) is 48.2 Å². The zero-order valence-corrected chi connectivity index (χ0v) is 20.7. The summed E-state index contributed by atoms with van der Waals surface area (Å²) in [6.45, 7) is 5.10. The summed E-state index contributed by atoms with van der Waals surface area (Å²) >= 11 is 0. The van der Waals surface area contributed by atoms with Gasteiger partial charge in [-0.3, -0.25) is 4.72 Å². The molecular weight excluding hydrogens is 448 g/mol. The van der Waals surface area contributed by atoms with Gasteiger partial charge in [-0.15, -0.1) is 0 Å². The number of aliphatic hydroxyl groups excluding tert-OH is 1. The molecule has 1 aliphatic rings. The highest BCUT2D eigenvalue weighted by molar-refractivity contribution is 7.92. The van der Waals surface area contributed by atoms with Crippen LogP contribution in [0.2, 0.25) is 0 Å². The van der Waals surface area contributed by atoms with Crippen molar-refractivity contribution in [3.8, 4) is 11.3 Å². The molecule has 0 spiro atoms. The van der Waals surface area contributed by atoms with Crippen LogP contribution in [0.3, 0.4) is 0 Å². The van der Waals surface area contributed by atoms with E-state index in [2.05, 4.69) is 9.29 Å². The first kappa shape index (κ1) is 23.9. The molecule has 2 aromatic carbocycles. The molecule has 1 saturated carbocycles. The maximum atomic E-state index is 12.1. The summed E-state index contributed by atoms with van der Waals surface area (Å²) in [6.07, 6.45) is 3.82. The minimum absolute atomic E-state index is 0.0823. The number of hydrogen-bond acceptors (Lipinski definition) is 5. The highest BCUT2D eigenvalue weighted by Gasteiger charge is 2.27. The van der Waals surface area contributed by atoms with Crippen LogP contribution in [0.4, 0.5) is 11.4 Å². The van der Waals surface area contributed by atoms with Gasteiger partial charge in [0.05, 0.1) is 28.4 Å². The average Bonchev–Trinajstić information content (AvgIpc) is 2.98. The third kappa shape index (κ3) is 4.42. The van der Waals surface area contributed by atoms with Crippen LogP contribution in [0.1, 0.15) is 58.1 Å². The second-order valence-electron chi connectivity index (χ2n) is 9.03. The van der Waals surface area contributed by atoms with Crippen LogP contribution in [-0.4, -0.2) is 29.6 Å². The standard InChI is InChI=1S/C26H32N4O3S/c1-4-14-34(32,33)29-20-11-8-18(9-12-20)26-25(28)22-13-10-19(24(16(2)27)17(3)31)15-23(22)30(26)21-6-5-7-21/h8-13,15,21,27,29,31H,4-7,14,28H2,1-3H3/b24-17+,27-16?. The number of aliphatic hydroxyl groups is 1. The van der Waals surface area contributed by atoms with Crippen LogP contribution < -0.4 is 10.5 Å². The molecule has 0 amide bonds. The van der Waals surface area contributed by atoms with Gasteiger partial charge in [0.2, 0.25) is 10.0 Å². The summed E-state index contributed by atoms with van der Waals surface area (Å²) in [4.78, 5) is 0. The Labute approximate surface area is 200 Å². The van der Waals surface area contributed by atoms with Crippen molar-refractivity contribution in [3.63, 3.8) is 0 Å². The van der Waals surface area contributed by atoms with Crippen molar-refractivity contribution in [2.24, 2.45) is 0 Å². The number of fused-ring (bicyclic) bond motifs is 1. The molecule has 8 heteroatoms. The van der Waals surface area contributed by atoms with E-state index in [1.54, 1.807) is 26.0 Å². The van der Waals surface area contributed by atoms with Gasteiger partial charge in [-0.25, -0.2) is 8.42 Å². The number of anilines is 2. The van der Waals surface area contributed by atoms with Gasteiger partial charge in [-0.05, 0) is 63.3 Å². The highest BCUT2D eigenvalue weighted by Crippen LogP contribution is 2.44. The number of sulfonamides is 1. The molecule has 0 bridgehead atoms. The number of allylic oxidation sites excluding steroid dienone is 2. The molecule has 1 aliphatic carbocycles. The van der Waals surface area contributed by atoms with E-state index in [0.29, 0.717) is 35.1 Å². The normalized spacial score (nSPS) is 15.1. The monoisotopic (exact) mass is 480 g/mol. The Morgan fingerprint density at radius 2 is 1.85 bits per heavy atom. The highest BCUT2D eigenvalue weighted by atomic mass is 32.2. The lowest BCUT2D eigenvalue weighted by molar-refractivity contribution is 0.324. The molecule has 0 radical (unpaired) electrons. The van der Waals surface area contributed by atoms with Gasteiger partial charge in [-0.2, -0.15) is 0 Å². The molecule has 180 valence electrons. The van der Waals surface area contributed by atoms with Gasteiger partial charge < -0.3 is 20.8 Å². The topological polar surface area (TPSA) is 121 Å². The minimum atomic E-state index is -3.36. The van der Waals surface area contributed by atoms with Crippen molar-refractivity contribution in [3.05, 3.63) is 53.8 Å². The third-order valence-corrected chi connectivity index (χ3v) is 7.91. The van der Waals surface area contributed by atoms with E-state index in [1.807, 2.05) is 37.3 Å². The number of nitrogens with zero attached hydrogens (tertiary/aromatic N) is 1. The SMILES string of the molecule is CCCS(=O)(=O)Nc1ccc(-c2c(N)c3ccc(/C(C(C)=N)=C(\C)O)cc3n2C2CCC2)cc1. The predicted molar refractivity (Wildman–Crippen MR) is 141 cm³/mol. The molecule has 1 aromatic heterocycles. The zero-order chi connectivity index (χ0) is 24.6. The molecule has 34 heavy (non-hydrogen) atoms. The average molecular weight is 481 g/mol. The first-order chi connectivity index (χ1) is 16.1. The predicted octanol–water partition coefficient (Wildman–Crippen LogP) is 6.10. The molecule has 0 saturated heterocycles. The van der Waals surface area contributed by atoms with E-state index in [0.717, 1.165) is 47.0 Å². The first-order valence-electron chi connectivity index (χ1n) is 11.6. The Morgan fingerprint density at radius 3 is 2.38 bits per heavy atom. The van der Waals surface area contributed by atoms with Crippen molar-refractivity contribution in [1.29, 1.82) is 5.41 Å². The Balaban J connectivity index is 1.84. The molecule has 1 heterocycles. The van der Waals surface area contributed by atoms with E-state index in [4.69, 9.17) is 11.1 Å². The van der Waals surface area contributed by atoms with Crippen molar-refractivity contribution in [2.45, 2.75) is 52.5 Å². The lowest BCUT2D eigenvalue weighted by Gasteiger charge is -2.30. The fourth-order valence-electron chi connectivity index (χ4n) is 4.70. The third-order valence-electron chi connectivity index (χ3n) is 6.41. The van der Waals surface area contributed by atoms with Crippen LogP contribution >= 0.6 is 0 Å². The van der Waals surface area contributed by atoms with Gasteiger partial charge >= 0.3 is 0 Å². The van der Waals surface area contributed by atoms with Gasteiger partial charge in [0, 0.05) is 34.0 Å². The van der Waals surface area contributed by atoms with Crippen LogP contribution in [0, 0.1) is 5.41 Å². The summed E-state index contributed by atoms with van der Waals surface area (Å²) in [5, 5.41) is 19.2. The Bertz CT molecular complexity index is 1380. The van der Waals surface area contributed by atoms with E-state index < -0.39 is 10.0 Å². The number of aromatic nitrogens is 1. The number of nitrogens with one attached hydrogen (secondary N) is 2. The molecule has 7 nitrogen and oxygen atoms in total. The van der Waals surface area contributed by atoms with Gasteiger partial charge in [0.25, 0.3) is 0 Å². The smallest absolute Gasteiger partial charge is 0.232 e. The first-order valence-corrected chi connectivity index (χ1v) is 13.3. The Hall–Kier alpha value is -3.26. The van der Waals surface area contributed by atoms with Crippen molar-refractivity contribution in [1.82, 2.24) is 4.57 Å². The summed E-state index contributed by atoms with van der Waals surface area (Å²) in [6, 6.07) is 13.5. The lowest BCUT2D eigenvalue weighted by Crippen LogP contribution is -2.18. The summed E-state index contributed by atoms with van der Waals surface area (Å²) < 4.78 is 29.2. The number of rotatable bonds is 8. The number of nitrogen functional groups attached to an aromatic ring is 1. The maximum Gasteiger partial charge on any atom is 0.232 e. The van der Waals surface area contributed by atoms with E-state index in [9.17, 15) is 13.5 Å². The van der Waals surface area contributed by atoms with Crippen molar-refractivity contribution >= 4 is 43.6 Å². The van der Waals surface area contributed by atoms with E-state index in [1.165, 1.54) is 0 Å². The van der Waals surface area contributed by atoms with Crippen molar-refractivity contribution < 1.29 is 13.5 Å². The fraction of sp³-hybridized carbons (Fsp3) is 0.346. The molecular formula is C26H32N4O3S. The molecule has 4 rings (SSSR count). The summed E-state index contributed by atoms with van der Waals surface area (Å²) in [5.41, 5.74) is 12.3. The molecule has 0 unspecified atom stereocenters. The molecule has 0 aliphatic heterocycles. The van der Waals surface area contributed by atoms with Gasteiger partial charge in [0.15, 0.2) is 0 Å². The van der Waals surface area contributed by atoms with E-state index in [-0.39, 0.29) is 11.5 Å².